The Hall–Kier alpha value is -1.39. The number of ether oxygens (including phenoxy) is 2. The average Bonchev–Trinajstić information content (AvgIpc) is 1.98. The maximum Gasteiger partial charge on any atom is 0.312 e. The highest BCUT2D eigenvalue weighted by Gasteiger charge is 2.20. The molecule has 5 nitrogen and oxygen atoms in total. The third-order valence-corrected chi connectivity index (χ3v) is 1.59. The van der Waals surface area contributed by atoms with Gasteiger partial charge in [-0.2, -0.15) is 0 Å². The third kappa shape index (κ3) is 6.98. The number of rotatable bonds is 4. The Balaban J connectivity index is 4.14. The molecule has 0 spiro atoms. The van der Waals surface area contributed by atoms with Gasteiger partial charge in [-0.05, 0) is 27.7 Å². The van der Waals surface area contributed by atoms with Crippen LogP contribution in [0.2, 0.25) is 0 Å². The van der Waals surface area contributed by atoms with E-state index < -0.39 is 23.6 Å². The van der Waals surface area contributed by atoms with Crippen molar-refractivity contribution in [2.24, 2.45) is 0 Å². The zero-order chi connectivity index (χ0) is 12.9. The van der Waals surface area contributed by atoms with Crippen LogP contribution in [0.1, 0.15) is 41.0 Å². The Morgan fingerprint density at radius 2 is 1.81 bits per heavy atom. The van der Waals surface area contributed by atoms with E-state index in [9.17, 15) is 9.59 Å². The standard InChI is InChI=1S/C11H19NO4/c1-7(15-8(2)13)9(12)6-10(14)16-11(3,4)5/h7,12H,6H2,1-5H3/t7-/m1/s1. The van der Waals surface area contributed by atoms with Gasteiger partial charge in [0.2, 0.25) is 0 Å². The first-order chi connectivity index (χ1) is 7.11. The number of esters is 2. The fraction of sp³-hybridized carbons (Fsp3) is 0.727. The topological polar surface area (TPSA) is 76.5 Å². The fourth-order valence-electron chi connectivity index (χ4n) is 0.997. The van der Waals surface area contributed by atoms with Gasteiger partial charge in [-0.15, -0.1) is 0 Å². The summed E-state index contributed by atoms with van der Waals surface area (Å²) in [6.07, 6.45) is -0.851. The molecule has 0 aromatic carbocycles. The molecule has 0 saturated heterocycles. The van der Waals surface area contributed by atoms with Crippen LogP contribution in [0.25, 0.3) is 0 Å². The van der Waals surface area contributed by atoms with E-state index >= 15 is 0 Å². The molecule has 0 heterocycles. The van der Waals surface area contributed by atoms with E-state index in [1.807, 2.05) is 0 Å². The lowest BCUT2D eigenvalue weighted by Gasteiger charge is -2.20. The Kier molecular flexibility index (Phi) is 5.14. The smallest absolute Gasteiger partial charge is 0.312 e. The lowest BCUT2D eigenvalue weighted by molar-refractivity contribution is -0.154. The van der Waals surface area contributed by atoms with E-state index in [4.69, 9.17) is 14.9 Å². The molecule has 0 bridgehead atoms. The van der Waals surface area contributed by atoms with Gasteiger partial charge >= 0.3 is 11.9 Å². The molecule has 0 aromatic heterocycles. The van der Waals surface area contributed by atoms with Crippen LogP contribution in [-0.4, -0.2) is 29.4 Å². The molecule has 92 valence electrons. The summed E-state index contributed by atoms with van der Waals surface area (Å²) in [4.78, 5) is 22.0. The molecule has 0 radical (unpaired) electrons. The molecule has 0 amide bonds. The van der Waals surface area contributed by atoms with Crippen molar-refractivity contribution in [3.05, 3.63) is 0 Å². The van der Waals surface area contributed by atoms with Gasteiger partial charge in [-0.1, -0.05) is 0 Å². The summed E-state index contributed by atoms with van der Waals surface area (Å²) in [5.41, 5.74) is -0.536. The third-order valence-electron chi connectivity index (χ3n) is 1.59. The minimum atomic E-state index is -0.690. The molecule has 1 atom stereocenters. The van der Waals surface area contributed by atoms with Gasteiger partial charge in [0.05, 0.1) is 12.1 Å². The molecule has 0 aromatic rings. The van der Waals surface area contributed by atoms with E-state index in [-0.39, 0.29) is 12.1 Å². The highest BCUT2D eigenvalue weighted by molar-refractivity contribution is 6.00. The molecule has 0 aliphatic carbocycles. The number of nitrogens with one attached hydrogen (secondary N) is 1. The van der Waals surface area contributed by atoms with Crippen LogP contribution in [0.15, 0.2) is 0 Å². The molecular weight excluding hydrogens is 210 g/mol. The second kappa shape index (κ2) is 5.63. The Labute approximate surface area is 95.6 Å². The Morgan fingerprint density at radius 1 is 1.31 bits per heavy atom. The molecule has 0 unspecified atom stereocenters. The van der Waals surface area contributed by atoms with Crippen LogP contribution >= 0.6 is 0 Å². The zero-order valence-corrected chi connectivity index (χ0v) is 10.4. The van der Waals surface area contributed by atoms with E-state index in [2.05, 4.69) is 0 Å². The summed E-state index contributed by atoms with van der Waals surface area (Å²) in [5.74, 6) is -0.960. The summed E-state index contributed by atoms with van der Waals surface area (Å²) >= 11 is 0. The van der Waals surface area contributed by atoms with Crippen LogP contribution in [0.5, 0.6) is 0 Å². The van der Waals surface area contributed by atoms with Gasteiger partial charge in [0.1, 0.15) is 11.7 Å². The van der Waals surface area contributed by atoms with E-state index in [1.54, 1.807) is 27.7 Å². The summed E-state index contributed by atoms with van der Waals surface area (Å²) in [7, 11) is 0. The summed E-state index contributed by atoms with van der Waals surface area (Å²) in [6, 6.07) is 0. The predicted octanol–water partition coefficient (Wildman–Crippen LogP) is 1.69. The van der Waals surface area contributed by atoms with Crippen LogP contribution in [0.4, 0.5) is 0 Å². The van der Waals surface area contributed by atoms with Crippen molar-refractivity contribution in [3.8, 4) is 0 Å². The molecule has 16 heavy (non-hydrogen) atoms. The quantitative estimate of drug-likeness (QED) is 0.588. The predicted molar refractivity (Wildman–Crippen MR) is 59.4 cm³/mol. The SMILES string of the molecule is CC(=O)O[C@H](C)C(=N)CC(=O)OC(C)(C)C. The van der Waals surface area contributed by atoms with Crippen LogP contribution < -0.4 is 0 Å². The first-order valence-electron chi connectivity index (χ1n) is 5.08. The van der Waals surface area contributed by atoms with Gasteiger partial charge in [0.25, 0.3) is 0 Å². The number of hydrogen-bond acceptors (Lipinski definition) is 5. The van der Waals surface area contributed by atoms with Crippen molar-refractivity contribution in [3.63, 3.8) is 0 Å². The van der Waals surface area contributed by atoms with Crippen molar-refractivity contribution in [1.29, 1.82) is 5.41 Å². The first-order valence-corrected chi connectivity index (χ1v) is 5.08. The lowest BCUT2D eigenvalue weighted by Crippen LogP contribution is -2.29. The molecular formula is C11H19NO4. The molecule has 0 saturated carbocycles. The number of carbonyl (C=O) groups excluding carboxylic acids is 2. The summed E-state index contributed by atoms with van der Waals surface area (Å²) in [6.45, 7) is 8.07. The highest BCUT2D eigenvalue weighted by atomic mass is 16.6. The van der Waals surface area contributed by atoms with Crippen molar-refractivity contribution < 1.29 is 19.1 Å². The van der Waals surface area contributed by atoms with Crippen LogP contribution in [-0.2, 0) is 19.1 Å². The molecule has 0 rings (SSSR count). The van der Waals surface area contributed by atoms with Crippen molar-refractivity contribution in [2.45, 2.75) is 52.7 Å². The van der Waals surface area contributed by atoms with Crippen molar-refractivity contribution >= 4 is 17.7 Å². The average molecular weight is 229 g/mol. The minimum Gasteiger partial charge on any atom is -0.460 e. The van der Waals surface area contributed by atoms with Crippen molar-refractivity contribution in [2.75, 3.05) is 0 Å². The van der Waals surface area contributed by atoms with Gasteiger partial charge in [0, 0.05) is 6.92 Å². The highest BCUT2D eigenvalue weighted by Crippen LogP contribution is 2.09. The second-order valence-electron chi connectivity index (χ2n) is 4.54. The van der Waals surface area contributed by atoms with Crippen LogP contribution in [0, 0.1) is 5.41 Å². The maximum absolute atomic E-state index is 11.4. The lowest BCUT2D eigenvalue weighted by atomic mass is 10.1. The second-order valence-corrected chi connectivity index (χ2v) is 4.54. The number of carbonyl (C=O) groups is 2. The fourth-order valence-corrected chi connectivity index (χ4v) is 0.997. The monoisotopic (exact) mass is 229 g/mol. The summed E-state index contributed by atoms with van der Waals surface area (Å²) in [5, 5.41) is 7.55. The van der Waals surface area contributed by atoms with Gasteiger partial charge in [-0.3, -0.25) is 9.59 Å². The zero-order valence-electron chi connectivity index (χ0n) is 10.4. The Bertz CT molecular complexity index is 291. The normalized spacial score (nSPS) is 12.8. The number of hydrogen-bond donors (Lipinski definition) is 1. The van der Waals surface area contributed by atoms with Gasteiger partial charge in [-0.25, -0.2) is 0 Å². The molecule has 5 heteroatoms. The van der Waals surface area contributed by atoms with Gasteiger partial charge < -0.3 is 14.9 Å². The molecule has 0 aliphatic heterocycles. The van der Waals surface area contributed by atoms with Crippen molar-refractivity contribution in [1.82, 2.24) is 0 Å². The molecule has 0 fully saturated rings. The van der Waals surface area contributed by atoms with E-state index in [0.29, 0.717) is 0 Å². The Morgan fingerprint density at radius 3 is 2.19 bits per heavy atom. The van der Waals surface area contributed by atoms with E-state index in [1.165, 1.54) is 6.92 Å². The van der Waals surface area contributed by atoms with Crippen LogP contribution in [0.3, 0.4) is 0 Å². The molecule has 0 aliphatic rings. The molecule has 1 N–H and O–H groups in total. The largest absolute Gasteiger partial charge is 0.460 e. The first kappa shape index (κ1) is 14.6. The minimum absolute atomic E-state index is 0.0319. The summed E-state index contributed by atoms with van der Waals surface area (Å²) < 4.78 is 9.81. The maximum atomic E-state index is 11.4. The van der Waals surface area contributed by atoms with Gasteiger partial charge in [0.15, 0.2) is 0 Å². The van der Waals surface area contributed by atoms with E-state index in [0.717, 1.165) is 0 Å².